The lowest BCUT2D eigenvalue weighted by molar-refractivity contribution is -0.246. The lowest BCUT2D eigenvalue weighted by Gasteiger charge is -2.37. The molecule has 3 heterocycles. The maximum atomic E-state index is 13.0. The maximum Gasteiger partial charge on any atom is 0.427 e. The van der Waals surface area contributed by atoms with E-state index in [1.807, 2.05) is 43.0 Å². The summed E-state index contributed by atoms with van der Waals surface area (Å²) >= 11 is 0. The van der Waals surface area contributed by atoms with Crippen LogP contribution in [0.15, 0.2) is 36.8 Å². The number of amides is 1. The second-order valence-electron chi connectivity index (χ2n) is 7.93. The Kier molecular flexibility index (Phi) is 6.71. The Labute approximate surface area is 184 Å². The number of hydrogen-bond donors (Lipinski definition) is 0. The number of aryl methyl sites for hydroxylation is 1. The van der Waals surface area contributed by atoms with Crippen molar-refractivity contribution in [3.63, 3.8) is 0 Å². The van der Waals surface area contributed by atoms with Crippen LogP contribution in [-0.4, -0.2) is 63.9 Å². The predicted octanol–water partition coefficient (Wildman–Crippen LogP) is 4.23. The third-order valence-corrected chi connectivity index (χ3v) is 5.38. The summed E-state index contributed by atoms with van der Waals surface area (Å²) < 4.78 is 43.9. The first-order chi connectivity index (χ1) is 15.0. The standard InChI is InChI=1S/C22H26F3N5O2/c1-5-16(17-8-6-7-9-26-17)18-15(2)27-14-28-19(18)29-10-12-30(13-11-29)20(31)32-21(3,4)22(23,24)25/h5-9,14H,10-13H2,1-4H3/b16-5-. The molecule has 2 aromatic heterocycles. The number of pyridine rings is 1. The summed E-state index contributed by atoms with van der Waals surface area (Å²) in [6.07, 6.45) is -0.485. The number of piperazine rings is 1. The number of carbonyl (C=O) groups is 1. The smallest absolute Gasteiger partial charge is 0.427 e. The van der Waals surface area contributed by atoms with Crippen LogP contribution >= 0.6 is 0 Å². The normalized spacial score (nSPS) is 15.7. The highest BCUT2D eigenvalue weighted by Crippen LogP contribution is 2.34. The molecule has 1 saturated heterocycles. The van der Waals surface area contributed by atoms with Gasteiger partial charge in [-0.3, -0.25) is 4.98 Å². The van der Waals surface area contributed by atoms with Crippen LogP contribution < -0.4 is 4.90 Å². The molecule has 1 amide bonds. The summed E-state index contributed by atoms with van der Waals surface area (Å²) in [5.41, 5.74) is 0.727. The summed E-state index contributed by atoms with van der Waals surface area (Å²) in [6, 6.07) is 5.64. The van der Waals surface area contributed by atoms with Gasteiger partial charge in [-0.2, -0.15) is 13.2 Å². The fourth-order valence-electron chi connectivity index (χ4n) is 3.40. The summed E-state index contributed by atoms with van der Waals surface area (Å²) in [5, 5.41) is 0. The molecular formula is C22H26F3N5O2. The Balaban J connectivity index is 1.78. The van der Waals surface area contributed by atoms with Crippen LogP contribution in [0.1, 0.15) is 37.7 Å². The minimum atomic E-state index is -4.65. The third-order valence-electron chi connectivity index (χ3n) is 5.38. The van der Waals surface area contributed by atoms with Crippen molar-refractivity contribution in [3.05, 3.63) is 53.8 Å². The average Bonchev–Trinajstić information content (AvgIpc) is 2.75. The topological polar surface area (TPSA) is 71.5 Å². The minimum absolute atomic E-state index is 0.212. The van der Waals surface area contributed by atoms with Gasteiger partial charge < -0.3 is 14.5 Å². The van der Waals surface area contributed by atoms with Gasteiger partial charge in [-0.05, 0) is 39.8 Å². The van der Waals surface area contributed by atoms with E-state index in [1.54, 1.807) is 6.20 Å². The molecule has 0 radical (unpaired) electrons. The van der Waals surface area contributed by atoms with Crippen molar-refractivity contribution in [1.82, 2.24) is 19.9 Å². The number of ether oxygens (including phenoxy) is 1. The molecule has 0 spiro atoms. The van der Waals surface area contributed by atoms with Crippen LogP contribution in [-0.2, 0) is 4.74 Å². The highest BCUT2D eigenvalue weighted by atomic mass is 19.4. The molecule has 0 saturated carbocycles. The first-order valence-electron chi connectivity index (χ1n) is 10.2. The van der Waals surface area contributed by atoms with Crippen LogP contribution in [0.25, 0.3) is 5.57 Å². The largest absolute Gasteiger partial charge is 0.434 e. The van der Waals surface area contributed by atoms with E-state index in [2.05, 4.69) is 15.0 Å². The average molecular weight is 449 g/mol. The maximum absolute atomic E-state index is 13.0. The van der Waals surface area contributed by atoms with Crippen molar-refractivity contribution in [2.75, 3.05) is 31.1 Å². The van der Waals surface area contributed by atoms with Crippen molar-refractivity contribution >= 4 is 17.5 Å². The van der Waals surface area contributed by atoms with Crippen LogP contribution in [0.4, 0.5) is 23.8 Å². The third kappa shape index (κ3) is 4.84. The number of aromatic nitrogens is 3. The van der Waals surface area contributed by atoms with E-state index in [4.69, 9.17) is 4.74 Å². The van der Waals surface area contributed by atoms with Gasteiger partial charge in [-0.25, -0.2) is 14.8 Å². The van der Waals surface area contributed by atoms with Gasteiger partial charge in [0.05, 0.1) is 11.4 Å². The van der Waals surface area contributed by atoms with E-state index in [9.17, 15) is 18.0 Å². The van der Waals surface area contributed by atoms with E-state index >= 15 is 0 Å². The first-order valence-corrected chi connectivity index (χ1v) is 10.2. The van der Waals surface area contributed by atoms with Crippen LogP contribution in [0.5, 0.6) is 0 Å². The first kappa shape index (κ1) is 23.5. The molecular weight excluding hydrogens is 423 g/mol. The van der Waals surface area contributed by atoms with Crippen molar-refractivity contribution in [2.45, 2.75) is 39.5 Å². The summed E-state index contributed by atoms with van der Waals surface area (Å²) in [4.78, 5) is 28.8. The Bertz CT molecular complexity index is 985. The number of hydrogen-bond acceptors (Lipinski definition) is 6. The van der Waals surface area contributed by atoms with Gasteiger partial charge >= 0.3 is 12.3 Å². The van der Waals surface area contributed by atoms with Gasteiger partial charge in [0.15, 0.2) is 0 Å². The molecule has 2 aromatic rings. The van der Waals surface area contributed by atoms with Gasteiger partial charge in [0.1, 0.15) is 12.1 Å². The fraction of sp³-hybridized carbons (Fsp3) is 0.455. The highest BCUT2D eigenvalue weighted by molar-refractivity contribution is 5.84. The Morgan fingerprint density at radius 2 is 1.78 bits per heavy atom. The number of carbonyl (C=O) groups excluding carboxylic acids is 1. The summed E-state index contributed by atoms with van der Waals surface area (Å²) in [6.45, 7) is 6.69. The molecule has 1 aliphatic rings. The number of alkyl halides is 3. The molecule has 0 aromatic carbocycles. The van der Waals surface area contributed by atoms with Crippen molar-refractivity contribution in [1.29, 1.82) is 0 Å². The van der Waals surface area contributed by atoms with Crippen LogP contribution in [0, 0.1) is 6.92 Å². The van der Waals surface area contributed by atoms with Crippen molar-refractivity contribution in [3.8, 4) is 0 Å². The monoisotopic (exact) mass is 449 g/mol. The quantitative estimate of drug-likeness (QED) is 0.696. The summed E-state index contributed by atoms with van der Waals surface area (Å²) in [7, 11) is 0. The molecule has 172 valence electrons. The van der Waals surface area contributed by atoms with E-state index in [0.29, 0.717) is 18.9 Å². The minimum Gasteiger partial charge on any atom is -0.434 e. The number of rotatable bonds is 4. The van der Waals surface area contributed by atoms with Gasteiger partial charge in [-0.15, -0.1) is 0 Å². The van der Waals surface area contributed by atoms with Gasteiger partial charge in [0, 0.05) is 43.5 Å². The molecule has 7 nitrogen and oxygen atoms in total. The molecule has 3 rings (SSSR count). The molecule has 0 unspecified atom stereocenters. The zero-order valence-electron chi connectivity index (χ0n) is 18.5. The van der Waals surface area contributed by atoms with E-state index in [0.717, 1.165) is 36.4 Å². The van der Waals surface area contributed by atoms with Crippen LogP contribution in [0.2, 0.25) is 0 Å². The van der Waals surface area contributed by atoms with Gasteiger partial charge in [0.2, 0.25) is 5.60 Å². The molecule has 0 aliphatic carbocycles. The summed E-state index contributed by atoms with van der Waals surface area (Å²) in [5.74, 6) is 0.694. The zero-order chi connectivity index (χ0) is 23.5. The van der Waals surface area contributed by atoms with Gasteiger partial charge in [0.25, 0.3) is 0 Å². The number of halogens is 3. The SMILES string of the molecule is C/C=C(/c1ccccn1)c1c(C)ncnc1N1CCN(C(=O)OC(C)(C)C(F)(F)F)CC1. The number of anilines is 1. The van der Waals surface area contributed by atoms with Crippen molar-refractivity contribution in [2.24, 2.45) is 0 Å². The molecule has 0 atom stereocenters. The fourth-order valence-corrected chi connectivity index (χ4v) is 3.40. The van der Waals surface area contributed by atoms with Crippen LogP contribution in [0.3, 0.4) is 0 Å². The Hall–Kier alpha value is -3.17. The molecule has 0 N–H and O–H groups in total. The molecule has 1 aliphatic heterocycles. The van der Waals surface area contributed by atoms with Gasteiger partial charge in [-0.1, -0.05) is 12.1 Å². The Morgan fingerprint density at radius 3 is 2.34 bits per heavy atom. The second kappa shape index (κ2) is 9.13. The molecule has 32 heavy (non-hydrogen) atoms. The second-order valence-corrected chi connectivity index (χ2v) is 7.93. The molecule has 0 bridgehead atoms. The number of nitrogens with zero attached hydrogens (tertiary/aromatic N) is 5. The highest BCUT2D eigenvalue weighted by Gasteiger charge is 2.51. The number of allylic oxidation sites excluding steroid dienone is 1. The lowest BCUT2D eigenvalue weighted by atomic mass is 10.00. The molecule has 10 heteroatoms. The predicted molar refractivity (Wildman–Crippen MR) is 114 cm³/mol. The van der Waals surface area contributed by atoms with E-state index in [1.165, 1.54) is 11.2 Å². The van der Waals surface area contributed by atoms with Crippen molar-refractivity contribution < 1.29 is 22.7 Å². The molecule has 1 fully saturated rings. The zero-order valence-corrected chi connectivity index (χ0v) is 18.5. The van der Waals surface area contributed by atoms with E-state index in [-0.39, 0.29) is 13.1 Å². The lowest BCUT2D eigenvalue weighted by Crippen LogP contribution is -2.52. The van der Waals surface area contributed by atoms with E-state index < -0.39 is 17.9 Å². The Morgan fingerprint density at radius 1 is 1.09 bits per heavy atom.